The molecule has 0 aliphatic rings. The van der Waals surface area contributed by atoms with E-state index in [0.717, 1.165) is 0 Å². The van der Waals surface area contributed by atoms with Crippen molar-refractivity contribution in [2.45, 2.75) is 62.9 Å². The van der Waals surface area contributed by atoms with Crippen molar-refractivity contribution in [2.24, 2.45) is 0 Å². The summed E-state index contributed by atoms with van der Waals surface area (Å²) in [7, 11) is 0. The van der Waals surface area contributed by atoms with Gasteiger partial charge in [-0.15, -0.1) is 0 Å². The first-order valence-corrected chi connectivity index (χ1v) is 7.74. The minimum atomic E-state index is -3.54. The zero-order valence-corrected chi connectivity index (χ0v) is 14.2. The molecule has 0 unspecified atom stereocenters. The van der Waals surface area contributed by atoms with Crippen molar-refractivity contribution in [3.8, 4) is 0 Å². The lowest BCUT2D eigenvalue weighted by Crippen LogP contribution is -2.53. The maximum Gasteiger partial charge on any atom is 0.699 e. The normalized spacial score (nSPS) is 11.6. The van der Waals surface area contributed by atoms with Gasteiger partial charge in [-0.3, -0.25) is 60.7 Å². The van der Waals surface area contributed by atoms with Crippen LogP contribution in [0.4, 0.5) is 0 Å². The van der Waals surface area contributed by atoms with Crippen LogP contribution in [0.2, 0.25) is 0 Å². The summed E-state index contributed by atoms with van der Waals surface area (Å²) in [5, 5.41) is 64.4. The molecule has 0 amide bonds. The number of nitrogens with zero attached hydrogens (tertiary/aromatic N) is 6. The van der Waals surface area contributed by atoms with Crippen LogP contribution in [0.1, 0.15) is 51.4 Å². The zero-order valence-electron chi connectivity index (χ0n) is 14.2. The predicted octanol–water partition coefficient (Wildman–Crippen LogP) is 1.07. The Morgan fingerprint density at radius 1 is 0.393 bits per heavy atom. The van der Waals surface area contributed by atoms with Crippen molar-refractivity contribution in [1.82, 2.24) is 0 Å². The second-order valence-corrected chi connectivity index (χ2v) is 5.71. The van der Waals surface area contributed by atoms with Gasteiger partial charge in [-0.25, -0.2) is 0 Å². The smallest absolute Gasteiger partial charge is 0.253 e. The van der Waals surface area contributed by atoms with Crippen LogP contribution in [0.5, 0.6) is 0 Å². The van der Waals surface area contributed by atoms with E-state index in [1.54, 1.807) is 0 Å². The Morgan fingerprint density at radius 3 is 0.750 bits per heavy atom. The molecule has 158 valence electrons. The summed E-state index contributed by atoms with van der Waals surface area (Å²) in [5.41, 5.74) is 0. The SMILES string of the molecule is O=[N+]([O-])C(CCCCCCCCC([N+](=O)[O-])([N+](=O)[O-])[N+](=O)[O-])([N+](=O)[O-])[N+](=O)[O-]. The van der Waals surface area contributed by atoms with Gasteiger partial charge in [0.05, 0.1) is 0 Å². The van der Waals surface area contributed by atoms with Gasteiger partial charge in [0.1, 0.15) is 0 Å². The first-order valence-electron chi connectivity index (χ1n) is 7.74. The molecular formula is C10H16N6O12. The van der Waals surface area contributed by atoms with Crippen LogP contribution < -0.4 is 0 Å². The molecule has 28 heavy (non-hydrogen) atoms. The van der Waals surface area contributed by atoms with E-state index in [9.17, 15) is 60.7 Å². The van der Waals surface area contributed by atoms with Crippen LogP contribution in [-0.2, 0) is 0 Å². The number of nitro groups is 6. The third-order valence-corrected chi connectivity index (χ3v) is 4.03. The molecule has 0 atom stereocenters. The van der Waals surface area contributed by atoms with E-state index in [-0.39, 0.29) is 38.5 Å². The quantitative estimate of drug-likeness (QED) is 0.158. The van der Waals surface area contributed by atoms with Crippen LogP contribution in [0.15, 0.2) is 0 Å². The lowest BCUT2D eigenvalue weighted by Gasteiger charge is -2.09. The molecule has 0 aliphatic carbocycles. The highest BCUT2D eigenvalue weighted by molar-refractivity contribution is 4.58. The molecule has 0 N–H and O–H groups in total. The lowest BCUT2D eigenvalue weighted by atomic mass is 10.0. The topological polar surface area (TPSA) is 259 Å². The third kappa shape index (κ3) is 4.98. The number of hydrogen-bond acceptors (Lipinski definition) is 12. The molecule has 0 fully saturated rings. The van der Waals surface area contributed by atoms with Crippen LogP contribution in [0.3, 0.4) is 0 Å². The second-order valence-electron chi connectivity index (χ2n) is 5.71. The van der Waals surface area contributed by atoms with Crippen LogP contribution in [0.25, 0.3) is 0 Å². The summed E-state index contributed by atoms with van der Waals surface area (Å²) in [6.07, 6.45) is -1.63. The fourth-order valence-corrected chi connectivity index (χ4v) is 2.38. The molecule has 0 radical (unpaired) electrons. The average molecular weight is 412 g/mol. The van der Waals surface area contributed by atoms with Crippen molar-refractivity contribution in [3.05, 3.63) is 60.7 Å². The van der Waals surface area contributed by atoms with E-state index in [4.69, 9.17) is 0 Å². The molecular weight excluding hydrogens is 396 g/mol. The summed E-state index contributed by atoms with van der Waals surface area (Å²) in [4.78, 5) is 54.9. The molecule has 0 aromatic rings. The highest BCUT2D eigenvalue weighted by Gasteiger charge is 2.70. The van der Waals surface area contributed by atoms with E-state index in [1.807, 2.05) is 0 Å². The van der Waals surface area contributed by atoms with Crippen LogP contribution in [-0.4, -0.2) is 41.1 Å². The maximum absolute atomic E-state index is 10.7. The first-order chi connectivity index (χ1) is 12.9. The van der Waals surface area contributed by atoms with E-state index in [1.165, 1.54) is 0 Å². The summed E-state index contributed by atoms with van der Waals surface area (Å²) in [6, 6.07) is 0. The number of hydrogen-bond donors (Lipinski definition) is 0. The monoisotopic (exact) mass is 412 g/mol. The number of rotatable bonds is 15. The Bertz CT molecular complexity index is 537. The largest absolute Gasteiger partial charge is 0.699 e. The minimum absolute atomic E-state index is 0.113. The van der Waals surface area contributed by atoms with Gasteiger partial charge in [0.25, 0.3) is 0 Å². The van der Waals surface area contributed by atoms with Gasteiger partial charge in [-0.1, -0.05) is 25.7 Å². The van der Waals surface area contributed by atoms with Crippen molar-refractivity contribution >= 4 is 0 Å². The van der Waals surface area contributed by atoms with Gasteiger partial charge in [0.15, 0.2) is 42.4 Å². The Hall–Kier alpha value is -3.60. The van der Waals surface area contributed by atoms with Crippen molar-refractivity contribution in [1.29, 1.82) is 0 Å². The van der Waals surface area contributed by atoms with Gasteiger partial charge in [-0.05, 0) is 12.8 Å². The molecule has 18 nitrogen and oxygen atoms in total. The average Bonchev–Trinajstić information content (AvgIpc) is 2.54. The van der Waals surface area contributed by atoms with Crippen LogP contribution >= 0.6 is 0 Å². The summed E-state index contributed by atoms with van der Waals surface area (Å²) in [5.74, 6) is -7.08. The molecule has 0 aromatic carbocycles. The molecule has 0 saturated heterocycles. The van der Waals surface area contributed by atoms with E-state index in [2.05, 4.69) is 0 Å². The summed E-state index contributed by atoms with van der Waals surface area (Å²) >= 11 is 0. The highest BCUT2D eigenvalue weighted by atomic mass is 16.7. The molecule has 0 aromatic heterocycles. The zero-order chi connectivity index (χ0) is 22.1. The van der Waals surface area contributed by atoms with E-state index >= 15 is 0 Å². The highest BCUT2D eigenvalue weighted by Crippen LogP contribution is 2.23. The van der Waals surface area contributed by atoms with Gasteiger partial charge in [0, 0.05) is 0 Å². The van der Waals surface area contributed by atoms with Crippen molar-refractivity contribution < 1.29 is 29.5 Å². The molecule has 0 heterocycles. The fraction of sp³-hybridized carbons (Fsp3) is 1.00. The molecule has 0 spiro atoms. The molecule has 0 saturated carbocycles. The van der Waals surface area contributed by atoms with Gasteiger partial charge in [0.2, 0.25) is 0 Å². The van der Waals surface area contributed by atoms with Gasteiger partial charge >= 0.3 is 11.6 Å². The minimum Gasteiger partial charge on any atom is -0.253 e. The van der Waals surface area contributed by atoms with Crippen LogP contribution in [0, 0.1) is 60.7 Å². The Morgan fingerprint density at radius 2 is 0.571 bits per heavy atom. The van der Waals surface area contributed by atoms with E-state index < -0.39 is 54.0 Å². The molecule has 0 rings (SSSR count). The molecule has 0 aliphatic heterocycles. The molecule has 18 heteroatoms. The van der Waals surface area contributed by atoms with Gasteiger partial charge in [-0.2, -0.15) is 0 Å². The summed E-state index contributed by atoms with van der Waals surface area (Å²) in [6.45, 7) is 0. The fourth-order valence-electron chi connectivity index (χ4n) is 2.38. The first kappa shape index (κ1) is 24.4. The Kier molecular flexibility index (Phi) is 8.65. The second kappa shape index (κ2) is 9.92. The lowest BCUT2D eigenvalue weighted by molar-refractivity contribution is -0.970. The van der Waals surface area contributed by atoms with Gasteiger partial charge < -0.3 is 0 Å². The third-order valence-electron chi connectivity index (χ3n) is 4.03. The molecule has 0 bridgehead atoms. The summed E-state index contributed by atoms with van der Waals surface area (Å²) < 4.78 is 0. The van der Waals surface area contributed by atoms with Crippen molar-refractivity contribution in [3.63, 3.8) is 0 Å². The Labute approximate surface area is 154 Å². The number of unbranched alkanes of at least 4 members (excludes halogenated alkanes) is 5. The Balaban J connectivity index is 4.49. The van der Waals surface area contributed by atoms with Crippen molar-refractivity contribution in [2.75, 3.05) is 0 Å². The standard InChI is InChI=1S/C10H16N6O12/c17-11(18)9(12(19)20,13(21)22)7-5-3-1-2-4-6-8-10(14(23)24,15(25)26)16(27)28/h1-8H2. The predicted molar refractivity (Wildman–Crippen MR) is 84.4 cm³/mol. The van der Waals surface area contributed by atoms with E-state index in [0.29, 0.717) is 0 Å². The maximum atomic E-state index is 10.7.